The topological polar surface area (TPSA) is 72.2 Å². The van der Waals surface area contributed by atoms with Crippen molar-refractivity contribution in [2.24, 2.45) is 0 Å². The van der Waals surface area contributed by atoms with Gasteiger partial charge >= 0.3 is 5.97 Å². The van der Waals surface area contributed by atoms with Gasteiger partial charge in [0.25, 0.3) is 6.43 Å². The summed E-state index contributed by atoms with van der Waals surface area (Å²) in [7, 11) is 2.32. The molecule has 0 unspecified atom stereocenters. The Bertz CT molecular complexity index is 483. The number of aromatic nitrogens is 1. The fourth-order valence-corrected chi connectivity index (χ4v) is 1.16. The van der Waals surface area contributed by atoms with Crippen LogP contribution in [-0.4, -0.2) is 25.2 Å². The maximum absolute atomic E-state index is 12.6. The lowest BCUT2D eigenvalue weighted by molar-refractivity contribution is 0.0588. The lowest BCUT2D eigenvalue weighted by Gasteiger charge is -2.09. The van der Waals surface area contributed by atoms with Gasteiger partial charge in [0.15, 0.2) is 11.4 Å². The molecule has 0 aromatic carbocycles. The number of methoxy groups -OCH3 is 2. The van der Waals surface area contributed by atoms with Crippen LogP contribution in [-0.2, 0) is 4.74 Å². The highest BCUT2D eigenvalue weighted by atomic mass is 19.3. The first-order valence-electron chi connectivity index (χ1n) is 4.40. The molecule has 0 bridgehead atoms. The van der Waals surface area contributed by atoms with E-state index in [-0.39, 0.29) is 17.0 Å². The second-order valence-electron chi connectivity index (χ2n) is 2.88. The van der Waals surface area contributed by atoms with Gasteiger partial charge in [-0.3, -0.25) is 0 Å². The van der Waals surface area contributed by atoms with Gasteiger partial charge in [-0.1, -0.05) is 0 Å². The number of nitrogens with zero attached hydrogens (tertiary/aromatic N) is 2. The molecule has 0 aliphatic carbocycles. The van der Waals surface area contributed by atoms with Crippen molar-refractivity contribution in [2.45, 2.75) is 6.43 Å². The maximum atomic E-state index is 12.6. The van der Waals surface area contributed by atoms with E-state index >= 15 is 0 Å². The van der Waals surface area contributed by atoms with Crippen molar-refractivity contribution >= 4 is 5.97 Å². The first-order chi connectivity index (χ1) is 8.04. The van der Waals surface area contributed by atoms with E-state index in [1.54, 1.807) is 6.07 Å². The molecule has 0 aliphatic heterocycles. The minimum atomic E-state index is -2.96. The van der Waals surface area contributed by atoms with Crippen LogP contribution in [0.5, 0.6) is 5.75 Å². The predicted molar refractivity (Wildman–Crippen MR) is 51.8 cm³/mol. The molecule has 0 spiro atoms. The van der Waals surface area contributed by atoms with Crippen LogP contribution in [0.2, 0.25) is 0 Å². The molecule has 0 radical (unpaired) electrons. The van der Waals surface area contributed by atoms with Crippen LogP contribution in [0.15, 0.2) is 6.07 Å². The third-order valence-corrected chi connectivity index (χ3v) is 1.94. The Kier molecular flexibility index (Phi) is 3.93. The average molecular weight is 242 g/mol. The van der Waals surface area contributed by atoms with Gasteiger partial charge in [0, 0.05) is 6.07 Å². The van der Waals surface area contributed by atoms with Crippen molar-refractivity contribution < 1.29 is 23.0 Å². The molecule has 0 saturated heterocycles. The number of carbonyl (C=O) groups excluding carboxylic acids is 1. The summed E-state index contributed by atoms with van der Waals surface area (Å²) >= 11 is 0. The van der Waals surface area contributed by atoms with Gasteiger partial charge < -0.3 is 9.47 Å². The van der Waals surface area contributed by atoms with E-state index in [4.69, 9.17) is 10.00 Å². The summed E-state index contributed by atoms with van der Waals surface area (Å²) < 4.78 is 34.3. The second kappa shape index (κ2) is 5.21. The van der Waals surface area contributed by atoms with E-state index in [1.165, 1.54) is 7.11 Å². The number of halogens is 2. The highest BCUT2D eigenvalue weighted by molar-refractivity contribution is 5.90. The highest BCUT2D eigenvalue weighted by Gasteiger charge is 2.23. The van der Waals surface area contributed by atoms with E-state index < -0.39 is 18.1 Å². The molecule has 1 heterocycles. The third-order valence-electron chi connectivity index (χ3n) is 1.94. The van der Waals surface area contributed by atoms with Gasteiger partial charge in [-0.25, -0.2) is 18.6 Å². The molecule has 0 amide bonds. The molecule has 90 valence electrons. The first-order valence-corrected chi connectivity index (χ1v) is 4.40. The summed E-state index contributed by atoms with van der Waals surface area (Å²) in [4.78, 5) is 14.7. The molecule has 0 N–H and O–H groups in total. The first kappa shape index (κ1) is 12.8. The molecule has 5 nitrogen and oxygen atoms in total. The van der Waals surface area contributed by atoms with Crippen molar-refractivity contribution in [2.75, 3.05) is 14.2 Å². The standard InChI is InChI=1S/C10H8F2N2O3/c1-16-6-3-5(4-13)7(9(11)12)14-8(6)10(15)17-2/h3,9H,1-2H3. The van der Waals surface area contributed by atoms with Crippen molar-refractivity contribution in [1.29, 1.82) is 5.26 Å². The van der Waals surface area contributed by atoms with Crippen LogP contribution in [0.25, 0.3) is 0 Å². The Morgan fingerprint density at radius 2 is 2.18 bits per heavy atom. The normalized spacial score (nSPS) is 9.88. The fraction of sp³-hybridized carbons (Fsp3) is 0.300. The smallest absolute Gasteiger partial charge is 0.360 e. The lowest BCUT2D eigenvalue weighted by atomic mass is 10.1. The molecule has 1 aromatic rings. The minimum Gasteiger partial charge on any atom is -0.494 e. The van der Waals surface area contributed by atoms with Crippen molar-refractivity contribution in [3.05, 3.63) is 23.0 Å². The van der Waals surface area contributed by atoms with E-state index in [2.05, 4.69) is 9.72 Å². The van der Waals surface area contributed by atoms with Crippen molar-refractivity contribution in [3.8, 4) is 11.8 Å². The van der Waals surface area contributed by atoms with Crippen LogP contribution >= 0.6 is 0 Å². The number of carbonyl (C=O) groups is 1. The summed E-state index contributed by atoms with van der Waals surface area (Å²) in [6.07, 6.45) is -2.96. The second-order valence-corrected chi connectivity index (χ2v) is 2.88. The largest absolute Gasteiger partial charge is 0.494 e. The molecular weight excluding hydrogens is 234 g/mol. The van der Waals surface area contributed by atoms with Crippen LogP contribution in [0.3, 0.4) is 0 Å². The van der Waals surface area contributed by atoms with Crippen LogP contribution < -0.4 is 4.74 Å². The predicted octanol–water partition coefficient (Wildman–Crippen LogP) is 1.69. The summed E-state index contributed by atoms with van der Waals surface area (Å²) in [5, 5.41) is 8.68. The lowest BCUT2D eigenvalue weighted by Crippen LogP contribution is -2.10. The minimum absolute atomic E-state index is 0.0854. The Labute approximate surface area is 95.6 Å². The molecule has 17 heavy (non-hydrogen) atoms. The van der Waals surface area contributed by atoms with Gasteiger partial charge in [0.05, 0.1) is 19.8 Å². The number of rotatable bonds is 3. The molecular formula is C10H8F2N2O3. The van der Waals surface area contributed by atoms with E-state index in [1.807, 2.05) is 0 Å². The maximum Gasteiger partial charge on any atom is 0.360 e. The average Bonchev–Trinajstić information content (AvgIpc) is 2.35. The van der Waals surface area contributed by atoms with Crippen LogP contribution in [0.4, 0.5) is 8.78 Å². The number of alkyl halides is 2. The molecule has 0 aliphatic rings. The number of nitriles is 1. The SMILES string of the molecule is COC(=O)c1nc(C(F)F)c(C#N)cc1OC. The summed E-state index contributed by atoms with van der Waals surface area (Å²) in [5.41, 5.74) is -1.50. The zero-order valence-corrected chi connectivity index (χ0v) is 9.03. The third kappa shape index (κ3) is 2.47. The number of hydrogen-bond acceptors (Lipinski definition) is 5. The Morgan fingerprint density at radius 3 is 2.59 bits per heavy atom. The summed E-state index contributed by atoms with van der Waals surface area (Å²) in [5.74, 6) is -0.994. The van der Waals surface area contributed by atoms with Crippen molar-refractivity contribution in [1.82, 2.24) is 4.98 Å². The van der Waals surface area contributed by atoms with E-state index in [9.17, 15) is 13.6 Å². The molecule has 0 fully saturated rings. The Balaban J connectivity index is 3.45. The van der Waals surface area contributed by atoms with E-state index in [0.717, 1.165) is 13.2 Å². The van der Waals surface area contributed by atoms with Crippen molar-refractivity contribution in [3.63, 3.8) is 0 Å². The van der Waals surface area contributed by atoms with E-state index in [0.29, 0.717) is 0 Å². The molecule has 0 saturated carbocycles. The molecule has 1 rings (SSSR count). The highest BCUT2D eigenvalue weighted by Crippen LogP contribution is 2.27. The van der Waals surface area contributed by atoms with Gasteiger partial charge in [0.2, 0.25) is 0 Å². The monoisotopic (exact) mass is 242 g/mol. The van der Waals surface area contributed by atoms with Gasteiger partial charge in [-0.2, -0.15) is 5.26 Å². The van der Waals surface area contributed by atoms with Gasteiger partial charge in [0.1, 0.15) is 11.8 Å². The molecule has 0 atom stereocenters. The number of hydrogen-bond donors (Lipinski definition) is 0. The van der Waals surface area contributed by atoms with Crippen LogP contribution in [0, 0.1) is 11.3 Å². The molecule has 1 aromatic heterocycles. The van der Waals surface area contributed by atoms with Gasteiger partial charge in [-0.15, -0.1) is 0 Å². The zero-order valence-electron chi connectivity index (χ0n) is 9.03. The summed E-state index contributed by atoms with van der Waals surface area (Å²) in [6, 6.07) is 2.59. The quantitative estimate of drug-likeness (QED) is 0.754. The summed E-state index contributed by atoms with van der Waals surface area (Å²) in [6.45, 7) is 0. The number of pyridine rings is 1. The fourth-order valence-electron chi connectivity index (χ4n) is 1.16. The zero-order chi connectivity index (χ0) is 13.0. The van der Waals surface area contributed by atoms with Gasteiger partial charge in [-0.05, 0) is 0 Å². The number of ether oxygens (including phenoxy) is 2. The van der Waals surface area contributed by atoms with Crippen LogP contribution in [0.1, 0.15) is 28.2 Å². The number of esters is 1. The molecule has 7 heteroatoms. The Morgan fingerprint density at radius 1 is 1.53 bits per heavy atom. The Hall–Kier alpha value is -2.23.